The molecule has 21 heavy (non-hydrogen) atoms. The smallest absolute Gasteiger partial charge is 0.100 e. The van der Waals surface area contributed by atoms with Gasteiger partial charge in [-0.25, -0.2) is 0 Å². The van der Waals surface area contributed by atoms with Crippen molar-refractivity contribution in [1.29, 1.82) is 0 Å². The van der Waals surface area contributed by atoms with Crippen LogP contribution in [-0.4, -0.2) is 105 Å². The Hall–Kier alpha value is -0.360. The van der Waals surface area contributed by atoms with Crippen molar-refractivity contribution in [3.8, 4) is 0 Å². The molecule has 0 aliphatic heterocycles. The fourth-order valence-electron chi connectivity index (χ4n) is 0.270. The molecule has 0 radical (unpaired) electrons. The third kappa shape index (κ3) is 65.8. The lowest BCUT2D eigenvalue weighted by atomic mass is 10.4. The van der Waals surface area contributed by atoms with Crippen molar-refractivity contribution < 1.29 is 46.0 Å². The SMILES string of the molecule is OCC(O)CO.OCCCO.OCCCO.OCCCO. The normalized spacial score (nSPS) is 8.86. The minimum Gasteiger partial charge on any atom is -0.396 e. The first-order chi connectivity index (χ1) is 10.1. The summed E-state index contributed by atoms with van der Waals surface area (Å²) >= 11 is 0. The molecule has 0 amide bonds. The van der Waals surface area contributed by atoms with Gasteiger partial charge in [-0.1, -0.05) is 0 Å². The Labute approximate surface area is 125 Å². The van der Waals surface area contributed by atoms with Gasteiger partial charge in [0, 0.05) is 39.6 Å². The lowest BCUT2D eigenvalue weighted by Crippen LogP contribution is -2.15. The van der Waals surface area contributed by atoms with Gasteiger partial charge < -0.3 is 46.0 Å². The van der Waals surface area contributed by atoms with E-state index in [0.717, 1.165) is 0 Å². The summed E-state index contributed by atoms with van der Waals surface area (Å²) in [5, 5.41) is 71.5. The summed E-state index contributed by atoms with van der Waals surface area (Å²) in [5.41, 5.74) is 0. The summed E-state index contributed by atoms with van der Waals surface area (Å²) < 4.78 is 0. The Balaban J connectivity index is -0.0000000921. The predicted molar refractivity (Wildman–Crippen MR) is 76.5 cm³/mol. The summed E-state index contributed by atoms with van der Waals surface area (Å²) in [7, 11) is 0. The molecular formula is C12H32O9. The van der Waals surface area contributed by atoms with Crippen molar-refractivity contribution in [3.05, 3.63) is 0 Å². The fraction of sp³-hybridized carbons (Fsp3) is 1.00. The van der Waals surface area contributed by atoms with Crippen molar-refractivity contribution in [2.45, 2.75) is 25.4 Å². The summed E-state index contributed by atoms with van der Waals surface area (Å²) in [5.74, 6) is 0. The van der Waals surface area contributed by atoms with Crippen molar-refractivity contribution in [2.24, 2.45) is 0 Å². The second-order valence-electron chi connectivity index (χ2n) is 3.42. The van der Waals surface area contributed by atoms with Gasteiger partial charge in [0.2, 0.25) is 0 Å². The molecule has 0 saturated carbocycles. The maximum atomic E-state index is 8.17. The minimum absolute atomic E-state index is 0.0938. The number of hydrogen-bond acceptors (Lipinski definition) is 9. The van der Waals surface area contributed by atoms with Crippen molar-refractivity contribution in [2.75, 3.05) is 52.9 Å². The van der Waals surface area contributed by atoms with Crippen LogP contribution in [0.15, 0.2) is 0 Å². The maximum absolute atomic E-state index is 8.17. The zero-order chi connectivity index (χ0) is 17.4. The zero-order valence-corrected chi connectivity index (χ0v) is 12.4. The largest absolute Gasteiger partial charge is 0.396 e. The molecule has 0 aromatic heterocycles. The first kappa shape index (κ1) is 28.8. The van der Waals surface area contributed by atoms with Gasteiger partial charge in [-0.05, 0) is 19.3 Å². The molecule has 134 valence electrons. The van der Waals surface area contributed by atoms with E-state index in [-0.39, 0.29) is 52.9 Å². The van der Waals surface area contributed by atoms with Crippen molar-refractivity contribution in [1.82, 2.24) is 0 Å². The van der Waals surface area contributed by atoms with E-state index < -0.39 is 6.10 Å². The topological polar surface area (TPSA) is 182 Å². The fourth-order valence-corrected chi connectivity index (χ4v) is 0.270. The molecule has 9 nitrogen and oxygen atoms in total. The van der Waals surface area contributed by atoms with Crippen LogP contribution < -0.4 is 0 Å². The van der Waals surface area contributed by atoms with Crippen LogP contribution in [0.5, 0.6) is 0 Å². The quantitative estimate of drug-likeness (QED) is 0.218. The molecule has 0 aliphatic rings. The first-order valence-electron chi connectivity index (χ1n) is 6.60. The Kier molecular flexibility index (Phi) is 50.2. The number of aliphatic hydroxyl groups is 9. The molecule has 0 fully saturated rings. The van der Waals surface area contributed by atoms with E-state index >= 15 is 0 Å². The predicted octanol–water partition coefficient (Wildman–Crippen LogP) is -3.58. The molecule has 0 heterocycles. The van der Waals surface area contributed by atoms with Crippen LogP contribution in [0.2, 0.25) is 0 Å². The average Bonchev–Trinajstić information content (AvgIpc) is 2.51. The first-order valence-corrected chi connectivity index (χ1v) is 6.60. The second kappa shape index (κ2) is 36.7. The summed E-state index contributed by atoms with van der Waals surface area (Å²) in [6.07, 6.45) is 0.546. The summed E-state index contributed by atoms with van der Waals surface area (Å²) in [4.78, 5) is 0. The maximum Gasteiger partial charge on any atom is 0.100 e. The van der Waals surface area contributed by atoms with Crippen LogP contribution in [-0.2, 0) is 0 Å². The Bertz CT molecular complexity index is 103. The van der Waals surface area contributed by atoms with E-state index in [1.165, 1.54) is 0 Å². The van der Waals surface area contributed by atoms with Crippen LogP contribution in [0.1, 0.15) is 19.3 Å². The van der Waals surface area contributed by atoms with Gasteiger partial charge in [-0.15, -0.1) is 0 Å². The van der Waals surface area contributed by atoms with Crippen LogP contribution in [0, 0.1) is 0 Å². The van der Waals surface area contributed by atoms with E-state index in [2.05, 4.69) is 0 Å². The molecule has 0 aromatic carbocycles. The zero-order valence-electron chi connectivity index (χ0n) is 12.4. The van der Waals surface area contributed by atoms with Gasteiger partial charge in [0.05, 0.1) is 13.2 Å². The number of hydrogen-bond donors (Lipinski definition) is 9. The van der Waals surface area contributed by atoms with Gasteiger partial charge in [-0.2, -0.15) is 0 Å². The molecule has 9 N–H and O–H groups in total. The highest BCUT2D eigenvalue weighted by Crippen LogP contribution is 1.71. The van der Waals surface area contributed by atoms with Gasteiger partial charge in [-0.3, -0.25) is 0 Å². The van der Waals surface area contributed by atoms with E-state index in [9.17, 15) is 0 Å². The van der Waals surface area contributed by atoms with E-state index in [4.69, 9.17) is 46.0 Å². The van der Waals surface area contributed by atoms with E-state index in [0.29, 0.717) is 19.3 Å². The lowest BCUT2D eigenvalue weighted by Gasteiger charge is -1.96. The average molecular weight is 320 g/mol. The van der Waals surface area contributed by atoms with Crippen molar-refractivity contribution in [3.63, 3.8) is 0 Å². The third-order valence-corrected chi connectivity index (χ3v) is 1.37. The van der Waals surface area contributed by atoms with Gasteiger partial charge in [0.1, 0.15) is 6.10 Å². The molecular weight excluding hydrogens is 288 g/mol. The highest BCUT2D eigenvalue weighted by molar-refractivity contribution is 4.44. The molecule has 0 unspecified atom stereocenters. The minimum atomic E-state index is -0.954. The molecule has 0 saturated heterocycles. The molecule has 0 aliphatic carbocycles. The van der Waals surface area contributed by atoms with Gasteiger partial charge in [0.25, 0.3) is 0 Å². The molecule has 0 atom stereocenters. The summed E-state index contributed by atoms with van der Waals surface area (Å²) in [6.45, 7) is -0.167. The van der Waals surface area contributed by atoms with Gasteiger partial charge in [0.15, 0.2) is 0 Å². The molecule has 0 bridgehead atoms. The Morgan fingerprint density at radius 1 is 0.429 bits per heavy atom. The van der Waals surface area contributed by atoms with Crippen molar-refractivity contribution >= 4 is 0 Å². The van der Waals surface area contributed by atoms with E-state index in [1.807, 2.05) is 0 Å². The Morgan fingerprint density at radius 3 is 0.619 bits per heavy atom. The van der Waals surface area contributed by atoms with Gasteiger partial charge >= 0.3 is 0 Å². The van der Waals surface area contributed by atoms with Crippen LogP contribution >= 0.6 is 0 Å². The molecule has 0 spiro atoms. The van der Waals surface area contributed by atoms with Crippen LogP contribution in [0.4, 0.5) is 0 Å². The van der Waals surface area contributed by atoms with Crippen LogP contribution in [0.25, 0.3) is 0 Å². The monoisotopic (exact) mass is 320 g/mol. The second-order valence-corrected chi connectivity index (χ2v) is 3.42. The lowest BCUT2D eigenvalue weighted by molar-refractivity contribution is 0.0450. The highest BCUT2D eigenvalue weighted by Gasteiger charge is 1.93. The molecule has 0 rings (SSSR count). The Morgan fingerprint density at radius 2 is 0.619 bits per heavy atom. The molecule has 9 heteroatoms. The highest BCUT2D eigenvalue weighted by atomic mass is 16.3. The van der Waals surface area contributed by atoms with Crippen LogP contribution in [0.3, 0.4) is 0 Å². The standard InChI is InChI=1S/C3H8O3.3C3H8O2/c4-1-3(6)2-5;3*4-2-1-3-5/h3-6H,1-2H2;3*4-5H,1-3H2. The van der Waals surface area contributed by atoms with E-state index in [1.54, 1.807) is 0 Å². The third-order valence-electron chi connectivity index (χ3n) is 1.37. The molecule has 0 aromatic rings. The number of aliphatic hydroxyl groups excluding tert-OH is 9. The summed E-state index contributed by atoms with van der Waals surface area (Å²) in [6, 6.07) is 0. The number of rotatable bonds is 8.